The summed E-state index contributed by atoms with van der Waals surface area (Å²) in [5.41, 5.74) is 0. The average Bonchev–Trinajstić information content (AvgIpc) is 3.23. The minimum atomic E-state index is 0. The molecule has 0 spiro atoms. The number of carbonyl (C=O) groups is 1. The van der Waals surface area contributed by atoms with Crippen molar-refractivity contribution in [3.05, 3.63) is 17.5 Å². The molecule has 1 saturated heterocycles. The van der Waals surface area contributed by atoms with Crippen LogP contribution in [0.1, 0.15) is 45.4 Å². The fourth-order valence-electron chi connectivity index (χ4n) is 3.82. The van der Waals surface area contributed by atoms with Crippen LogP contribution < -0.4 is 15.5 Å². The van der Waals surface area contributed by atoms with Crippen LogP contribution in [0.15, 0.2) is 22.5 Å². The maximum Gasteiger partial charge on any atom is 0.222 e. The van der Waals surface area contributed by atoms with Gasteiger partial charge in [-0.05, 0) is 37.3 Å². The molecule has 0 bridgehead atoms. The summed E-state index contributed by atoms with van der Waals surface area (Å²) in [6.45, 7) is 7.41. The molecule has 1 aromatic rings. The first-order valence-corrected chi connectivity index (χ1v) is 11.3. The number of rotatable bonds is 6. The third-order valence-corrected chi connectivity index (χ3v) is 6.23. The Hall–Kier alpha value is -1.03. The molecule has 8 heteroatoms. The number of guanidine groups is 1. The van der Waals surface area contributed by atoms with Gasteiger partial charge in [-0.25, -0.2) is 0 Å². The highest BCUT2D eigenvalue weighted by Crippen LogP contribution is 2.22. The Morgan fingerprint density at radius 3 is 2.61 bits per heavy atom. The van der Waals surface area contributed by atoms with Gasteiger partial charge >= 0.3 is 0 Å². The molecule has 0 aromatic carbocycles. The van der Waals surface area contributed by atoms with Crippen molar-refractivity contribution in [2.45, 2.75) is 51.5 Å². The number of hydrogen-bond acceptors (Lipinski definition) is 4. The lowest BCUT2D eigenvalue weighted by Gasteiger charge is -2.37. The van der Waals surface area contributed by atoms with Crippen LogP contribution in [0.5, 0.6) is 0 Å². The van der Waals surface area contributed by atoms with Crippen LogP contribution in [0.2, 0.25) is 0 Å². The first-order valence-electron chi connectivity index (χ1n) is 10.4. The van der Waals surface area contributed by atoms with Crippen molar-refractivity contribution in [3.8, 4) is 0 Å². The zero-order valence-corrected chi connectivity index (χ0v) is 20.0. The molecule has 2 aliphatic rings. The molecule has 1 aliphatic carbocycles. The number of carbonyl (C=O) groups excluding carboxylic acids is 1. The van der Waals surface area contributed by atoms with Gasteiger partial charge in [-0.15, -0.1) is 35.3 Å². The Balaban J connectivity index is 0.00000280. The number of nitrogens with one attached hydrogen (secondary N) is 2. The van der Waals surface area contributed by atoms with Crippen LogP contribution >= 0.6 is 35.3 Å². The van der Waals surface area contributed by atoms with Gasteiger partial charge in [0, 0.05) is 45.2 Å². The third-order valence-electron chi connectivity index (χ3n) is 5.30. The molecule has 158 valence electrons. The van der Waals surface area contributed by atoms with Crippen LogP contribution in [0.4, 0.5) is 5.00 Å². The number of halogens is 1. The van der Waals surface area contributed by atoms with Crippen molar-refractivity contribution in [1.82, 2.24) is 15.5 Å². The summed E-state index contributed by atoms with van der Waals surface area (Å²) < 4.78 is 0. The number of anilines is 1. The highest BCUT2D eigenvalue weighted by molar-refractivity contribution is 14.0. The van der Waals surface area contributed by atoms with E-state index in [9.17, 15) is 4.79 Å². The van der Waals surface area contributed by atoms with Gasteiger partial charge in [0.05, 0.1) is 11.5 Å². The van der Waals surface area contributed by atoms with Gasteiger partial charge in [0.25, 0.3) is 0 Å². The zero-order chi connectivity index (χ0) is 18.9. The number of amides is 1. The van der Waals surface area contributed by atoms with E-state index in [0.717, 1.165) is 51.5 Å². The topological polar surface area (TPSA) is 60.0 Å². The number of piperazine rings is 1. The van der Waals surface area contributed by atoms with Crippen molar-refractivity contribution in [2.75, 3.05) is 44.2 Å². The summed E-state index contributed by atoms with van der Waals surface area (Å²) in [6, 6.07) is 4.68. The lowest BCUT2D eigenvalue weighted by Crippen LogP contribution is -2.52. The molecular formula is C20H34IN5OS. The molecule has 1 saturated carbocycles. The normalized spacial score (nSPS) is 18.5. The molecule has 1 aromatic heterocycles. The molecule has 1 aliphatic heterocycles. The van der Waals surface area contributed by atoms with Gasteiger partial charge in [-0.2, -0.15) is 0 Å². The lowest BCUT2D eigenvalue weighted by molar-refractivity contribution is -0.121. The SMILES string of the molecule is CCNC(=NCCC(=O)NC1CCCCC1)N1CCN(c2cccs2)CC1.I. The number of hydrogen-bond donors (Lipinski definition) is 2. The predicted molar refractivity (Wildman–Crippen MR) is 129 cm³/mol. The Morgan fingerprint density at radius 2 is 1.96 bits per heavy atom. The number of aliphatic imine (C=N–C) groups is 1. The maximum absolute atomic E-state index is 12.2. The van der Waals surface area contributed by atoms with Crippen LogP contribution in [-0.2, 0) is 4.79 Å². The van der Waals surface area contributed by atoms with Gasteiger partial charge < -0.3 is 20.4 Å². The van der Waals surface area contributed by atoms with Crippen molar-refractivity contribution in [2.24, 2.45) is 4.99 Å². The fourth-order valence-corrected chi connectivity index (χ4v) is 4.61. The highest BCUT2D eigenvalue weighted by Gasteiger charge is 2.20. The van der Waals surface area contributed by atoms with E-state index in [-0.39, 0.29) is 29.9 Å². The van der Waals surface area contributed by atoms with E-state index in [1.165, 1.54) is 24.3 Å². The van der Waals surface area contributed by atoms with E-state index in [2.05, 4.69) is 44.9 Å². The molecule has 2 heterocycles. The summed E-state index contributed by atoms with van der Waals surface area (Å²) in [4.78, 5) is 21.6. The monoisotopic (exact) mass is 519 g/mol. The number of nitrogens with zero attached hydrogens (tertiary/aromatic N) is 3. The predicted octanol–water partition coefficient (Wildman–Crippen LogP) is 3.29. The van der Waals surface area contributed by atoms with Gasteiger partial charge in [0.1, 0.15) is 0 Å². The Morgan fingerprint density at radius 1 is 1.21 bits per heavy atom. The zero-order valence-electron chi connectivity index (χ0n) is 16.9. The molecule has 28 heavy (non-hydrogen) atoms. The second-order valence-corrected chi connectivity index (χ2v) is 8.24. The summed E-state index contributed by atoms with van der Waals surface area (Å²) in [5, 5.41) is 10.0. The van der Waals surface area contributed by atoms with Crippen LogP contribution in [-0.4, -0.2) is 62.1 Å². The van der Waals surface area contributed by atoms with Gasteiger partial charge in [-0.1, -0.05) is 19.3 Å². The average molecular weight is 519 g/mol. The molecule has 0 atom stereocenters. The molecule has 6 nitrogen and oxygen atoms in total. The van der Waals surface area contributed by atoms with Crippen molar-refractivity contribution < 1.29 is 4.79 Å². The molecular weight excluding hydrogens is 485 g/mol. The van der Waals surface area contributed by atoms with Crippen LogP contribution in [0.3, 0.4) is 0 Å². The highest BCUT2D eigenvalue weighted by atomic mass is 127. The summed E-state index contributed by atoms with van der Waals surface area (Å²) >= 11 is 1.80. The molecule has 0 unspecified atom stereocenters. The second kappa shape index (κ2) is 12.5. The van der Waals surface area contributed by atoms with Crippen molar-refractivity contribution >= 4 is 52.2 Å². The second-order valence-electron chi connectivity index (χ2n) is 7.31. The standard InChI is InChI=1S/C20H33N5OS.HI/c1-2-21-20(22-11-10-18(26)23-17-7-4-3-5-8-17)25-14-12-24(13-15-25)19-9-6-16-27-19;/h6,9,16-17H,2-5,7-8,10-15H2,1H3,(H,21,22)(H,23,26);1H. The Labute approximate surface area is 190 Å². The van der Waals surface area contributed by atoms with E-state index in [4.69, 9.17) is 4.99 Å². The van der Waals surface area contributed by atoms with E-state index in [1.807, 2.05) is 0 Å². The molecule has 3 rings (SSSR count). The molecule has 2 N–H and O–H groups in total. The minimum Gasteiger partial charge on any atom is -0.360 e. The quantitative estimate of drug-likeness (QED) is 0.344. The maximum atomic E-state index is 12.2. The van der Waals surface area contributed by atoms with Crippen molar-refractivity contribution in [3.63, 3.8) is 0 Å². The summed E-state index contributed by atoms with van der Waals surface area (Å²) in [5.74, 6) is 1.08. The molecule has 0 radical (unpaired) electrons. The largest absolute Gasteiger partial charge is 0.360 e. The van der Waals surface area contributed by atoms with E-state index in [0.29, 0.717) is 19.0 Å². The van der Waals surface area contributed by atoms with E-state index < -0.39 is 0 Å². The summed E-state index contributed by atoms with van der Waals surface area (Å²) in [7, 11) is 0. The van der Waals surface area contributed by atoms with E-state index in [1.54, 1.807) is 11.3 Å². The van der Waals surface area contributed by atoms with Crippen LogP contribution in [0, 0.1) is 0 Å². The van der Waals surface area contributed by atoms with Crippen LogP contribution in [0.25, 0.3) is 0 Å². The molecule has 2 fully saturated rings. The van der Waals surface area contributed by atoms with Gasteiger partial charge in [0.15, 0.2) is 5.96 Å². The first kappa shape index (κ1) is 23.3. The van der Waals surface area contributed by atoms with Gasteiger partial charge in [0.2, 0.25) is 5.91 Å². The van der Waals surface area contributed by atoms with Gasteiger partial charge in [-0.3, -0.25) is 9.79 Å². The lowest BCUT2D eigenvalue weighted by atomic mass is 9.95. The smallest absolute Gasteiger partial charge is 0.222 e. The number of thiophene rings is 1. The van der Waals surface area contributed by atoms with E-state index >= 15 is 0 Å². The third kappa shape index (κ3) is 7.09. The Kier molecular flexibility index (Phi) is 10.4. The fraction of sp³-hybridized carbons (Fsp3) is 0.700. The molecule has 1 amide bonds. The van der Waals surface area contributed by atoms with Crippen molar-refractivity contribution in [1.29, 1.82) is 0 Å². The minimum absolute atomic E-state index is 0. The first-order chi connectivity index (χ1) is 13.3. The Bertz CT molecular complexity index is 596. The summed E-state index contributed by atoms with van der Waals surface area (Å²) in [6.07, 6.45) is 6.53.